The van der Waals surface area contributed by atoms with Crippen molar-refractivity contribution in [1.82, 2.24) is 0 Å². The summed E-state index contributed by atoms with van der Waals surface area (Å²) in [6.07, 6.45) is 0.679. The van der Waals surface area contributed by atoms with Gasteiger partial charge in [0.1, 0.15) is 5.78 Å². The molecule has 2 rings (SSSR count). The first kappa shape index (κ1) is 9.18. The number of hydrogen-bond acceptors (Lipinski definition) is 3. The average Bonchev–Trinajstić information content (AvgIpc) is 2.58. The maximum Gasteiger partial charge on any atom is 0.308 e. The molecule has 4 atom stereocenters. The van der Waals surface area contributed by atoms with E-state index in [1.807, 2.05) is 0 Å². The summed E-state index contributed by atoms with van der Waals surface area (Å²) in [5.41, 5.74) is 0. The highest BCUT2D eigenvalue weighted by molar-refractivity contribution is 5.94. The van der Waals surface area contributed by atoms with Crippen molar-refractivity contribution in [2.24, 2.45) is 23.7 Å². The van der Waals surface area contributed by atoms with Gasteiger partial charge in [-0.3, -0.25) is 14.4 Å². The van der Waals surface area contributed by atoms with Crippen molar-refractivity contribution in [2.75, 3.05) is 0 Å². The zero-order valence-electron chi connectivity index (χ0n) is 7.34. The molecule has 0 spiro atoms. The molecule has 5 nitrogen and oxygen atoms in total. The fourth-order valence-electron chi connectivity index (χ4n) is 2.80. The quantitative estimate of drug-likeness (QED) is 0.651. The fourth-order valence-corrected chi connectivity index (χ4v) is 2.80. The van der Waals surface area contributed by atoms with Crippen LogP contribution in [-0.4, -0.2) is 27.9 Å². The first-order valence-electron chi connectivity index (χ1n) is 4.50. The number of Topliss-reactive ketones (excluding diaryl/α,β-unsaturated/α-hetero) is 1. The molecule has 2 bridgehead atoms. The highest BCUT2D eigenvalue weighted by Gasteiger charge is 2.58. The molecular formula is C9H10O5. The predicted molar refractivity (Wildman–Crippen MR) is 43.5 cm³/mol. The van der Waals surface area contributed by atoms with E-state index in [2.05, 4.69) is 0 Å². The van der Waals surface area contributed by atoms with Crippen molar-refractivity contribution in [2.45, 2.75) is 12.8 Å². The minimum absolute atomic E-state index is 0.0834. The van der Waals surface area contributed by atoms with E-state index in [0.29, 0.717) is 6.42 Å². The number of hydrogen-bond donors (Lipinski definition) is 2. The summed E-state index contributed by atoms with van der Waals surface area (Å²) in [5.74, 6) is -5.01. The number of carboxylic acid groups (broad SMARTS) is 2. The maximum absolute atomic E-state index is 11.3. The molecule has 2 fully saturated rings. The Labute approximate surface area is 79.7 Å². The van der Waals surface area contributed by atoms with Crippen molar-refractivity contribution < 1.29 is 24.6 Å². The molecule has 2 aliphatic carbocycles. The molecule has 2 N–H and O–H groups in total. The summed E-state index contributed by atoms with van der Waals surface area (Å²) in [6.45, 7) is 0. The molecule has 14 heavy (non-hydrogen) atoms. The number of aliphatic carboxylic acids is 2. The summed E-state index contributed by atoms with van der Waals surface area (Å²) in [6, 6.07) is 0. The molecule has 5 heteroatoms. The van der Waals surface area contributed by atoms with Crippen LogP contribution < -0.4 is 0 Å². The Morgan fingerprint density at radius 3 is 2.21 bits per heavy atom. The van der Waals surface area contributed by atoms with Crippen LogP contribution >= 0.6 is 0 Å². The van der Waals surface area contributed by atoms with Crippen LogP contribution in [0.1, 0.15) is 12.8 Å². The van der Waals surface area contributed by atoms with Crippen molar-refractivity contribution in [3.05, 3.63) is 0 Å². The topological polar surface area (TPSA) is 91.7 Å². The fraction of sp³-hybridized carbons (Fsp3) is 0.667. The van der Waals surface area contributed by atoms with Gasteiger partial charge in [0, 0.05) is 12.3 Å². The Bertz CT molecular complexity index is 321. The summed E-state index contributed by atoms with van der Waals surface area (Å²) in [5, 5.41) is 17.7. The lowest BCUT2D eigenvalue weighted by Crippen LogP contribution is -2.38. The van der Waals surface area contributed by atoms with Gasteiger partial charge in [-0.1, -0.05) is 0 Å². The maximum atomic E-state index is 11.3. The minimum Gasteiger partial charge on any atom is -0.481 e. The Morgan fingerprint density at radius 2 is 1.71 bits per heavy atom. The molecule has 0 unspecified atom stereocenters. The Hall–Kier alpha value is -1.39. The van der Waals surface area contributed by atoms with E-state index in [0.717, 1.165) is 0 Å². The summed E-state index contributed by atoms with van der Waals surface area (Å²) in [7, 11) is 0. The Balaban J connectivity index is 2.32. The van der Waals surface area contributed by atoms with Gasteiger partial charge in [0.05, 0.1) is 11.8 Å². The van der Waals surface area contributed by atoms with Crippen LogP contribution in [0, 0.1) is 23.7 Å². The van der Waals surface area contributed by atoms with Crippen molar-refractivity contribution >= 4 is 17.7 Å². The van der Waals surface area contributed by atoms with Gasteiger partial charge >= 0.3 is 11.9 Å². The van der Waals surface area contributed by atoms with Crippen LogP contribution in [-0.2, 0) is 14.4 Å². The molecule has 0 saturated heterocycles. The predicted octanol–water partition coefficient (Wildman–Crippen LogP) is -0.00310. The normalized spacial score (nSPS) is 40.1. The molecular weight excluding hydrogens is 188 g/mol. The van der Waals surface area contributed by atoms with E-state index in [4.69, 9.17) is 10.2 Å². The largest absolute Gasteiger partial charge is 0.481 e. The second kappa shape index (κ2) is 2.80. The summed E-state index contributed by atoms with van der Waals surface area (Å²) >= 11 is 0. The SMILES string of the molecule is O=C(O)[C@H]1[C@H]2CC(=O)[C@@H](C2)[C@H]1C(=O)O. The zero-order chi connectivity index (χ0) is 10.5. The number of rotatable bonds is 2. The summed E-state index contributed by atoms with van der Waals surface area (Å²) < 4.78 is 0. The number of fused-ring (bicyclic) bond motifs is 2. The molecule has 0 radical (unpaired) electrons. The Morgan fingerprint density at radius 1 is 1.14 bits per heavy atom. The lowest BCUT2D eigenvalue weighted by molar-refractivity contribution is -0.158. The van der Waals surface area contributed by atoms with Crippen LogP contribution in [0.5, 0.6) is 0 Å². The molecule has 0 aromatic heterocycles. The second-order valence-corrected chi connectivity index (χ2v) is 4.00. The standard InChI is InChI=1S/C9H10O5/c10-5-2-3-1-4(5)7(9(13)14)6(3)8(11)12/h3-4,6-7H,1-2H2,(H,11,12)(H,13,14)/t3-,4-,6+,7-/m1/s1. The van der Waals surface area contributed by atoms with Gasteiger partial charge in [0.15, 0.2) is 0 Å². The van der Waals surface area contributed by atoms with Crippen molar-refractivity contribution in [3.63, 3.8) is 0 Å². The third-order valence-corrected chi connectivity index (χ3v) is 3.33. The number of carbonyl (C=O) groups is 3. The van der Waals surface area contributed by atoms with Crippen molar-refractivity contribution in [3.8, 4) is 0 Å². The van der Waals surface area contributed by atoms with E-state index in [9.17, 15) is 14.4 Å². The third-order valence-electron chi connectivity index (χ3n) is 3.33. The van der Waals surface area contributed by atoms with Crippen LogP contribution in [0.25, 0.3) is 0 Å². The molecule has 0 amide bonds. The number of carboxylic acids is 2. The summed E-state index contributed by atoms with van der Waals surface area (Å²) in [4.78, 5) is 32.9. The molecule has 0 aliphatic heterocycles. The van der Waals surface area contributed by atoms with Crippen LogP contribution in [0.15, 0.2) is 0 Å². The lowest BCUT2D eigenvalue weighted by Gasteiger charge is -2.23. The van der Waals surface area contributed by atoms with Gasteiger partial charge in [-0.05, 0) is 12.3 Å². The van der Waals surface area contributed by atoms with Crippen LogP contribution in [0.2, 0.25) is 0 Å². The van der Waals surface area contributed by atoms with Crippen LogP contribution in [0.3, 0.4) is 0 Å². The first-order chi connectivity index (χ1) is 6.52. The highest BCUT2D eigenvalue weighted by Crippen LogP contribution is 2.50. The molecule has 0 aromatic rings. The van der Waals surface area contributed by atoms with E-state index < -0.39 is 29.7 Å². The van der Waals surface area contributed by atoms with Gasteiger partial charge in [-0.2, -0.15) is 0 Å². The molecule has 0 aromatic carbocycles. The first-order valence-corrected chi connectivity index (χ1v) is 4.50. The van der Waals surface area contributed by atoms with Gasteiger partial charge in [0.2, 0.25) is 0 Å². The average molecular weight is 198 g/mol. The molecule has 76 valence electrons. The van der Waals surface area contributed by atoms with E-state index in [1.165, 1.54) is 0 Å². The second-order valence-electron chi connectivity index (χ2n) is 4.00. The van der Waals surface area contributed by atoms with Crippen molar-refractivity contribution in [1.29, 1.82) is 0 Å². The minimum atomic E-state index is -1.15. The molecule has 0 heterocycles. The van der Waals surface area contributed by atoms with E-state index >= 15 is 0 Å². The third kappa shape index (κ3) is 1.05. The van der Waals surface area contributed by atoms with E-state index in [1.54, 1.807) is 0 Å². The smallest absolute Gasteiger partial charge is 0.308 e. The lowest BCUT2D eigenvalue weighted by atomic mass is 9.79. The van der Waals surface area contributed by atoms with Gasteiger partial charge in [-0.15, -0.1) is 0 Å². The van der Waals surface area contributed by atoms with Crippen LogP contribution in [0.4, 0.5) is 0 Å². The number of ketones is 1. The monoisotopic (exact) mass is 198 g/mol. The van der Waals surface area contributed by atoms with Gasteiger partial charge in [-0.25, -0.2) is 0 Å². The molecule has 2 aliphatic rings. The Kier molecular flexibility index (Phi) is 1.83. The van der Waals surface area contributed by atoms with E-state index in [-0.39, 0.29) is 18.1 Å². The van der Waals surface area contributed by atoms with Gasteiger partial charge < -0.3 is 10.2 Å². The van der Waals surface area contributed by atoms with Gasteiger partial charge in [0.25, 0.3) is 0 Å². The zero-order valence-corrected chi connectivity index (χ0v) is 7.34. The number of carbonyl (C=O) groups excluding carboxylic acids is 1. The highest BCUT2D eigenvalue weighted by atomic mass is 16.4. The molecule has 2 saturated carbocycles.